The van der Waals surface area contributed by atoms with Crippen molar-refractivity contribution >= 4 is 12.3 Å². The van der Waals surface area contributed by atoms with E-state index in [-0.39, 0.29) is 13.2 Å². The highest BCUT2D eigenvalue weighted by atomic mass is 16.8. The van der Waals surface area contributed by atoms with Gasteiger partial charge in [-0.3, -0.25) is 0 Å². The summed E-state index contributed by atoms with van der Waals surface area (Å²) < 4.78 is 18.7. The number of carbonyl (C=O) groups is 2. The molecule has 0 heterocycles. The van der Waals surface area contributed by atoms with E-state index in [2.05, 4.69) is 4.74 Å². The van der Waals surface area contributed by atoms with Gasteiger partial charge in [-0.25, -0.2) is 9.59 Å². The Morgan fingerprint density at radius 3 is 2.31 bits per heavy atom. The lowest BCUT2D eigenvalue weighted by atomic mass is 10.3. The molecule has 0 fully saturated rings. The third kappa shape index (κ3) is 6.20. The number of carbonyl (C=O) groups excluding carboxylic acids is 1. The van der Waals surface area contributed by atoms with Crippen LogP contribution < -0.4 is 0 Å². The van der Waals surface area contributed by atoms with E-state index in [1.54, 1.807) is 13.8 Å². The molecular weight excluding hydrogens is 220 g/mol. The zero-order chi connectivity index (χ0) is 12.6. The van der Waals surface area contributed by atoms with E-state index in [4.69, 9.17) is 19.3 Å². The molecule has 0 saturated carbocycles. The minimum Gasteiger partial charge on any atom is -0.449 e. The van der Waals surface area contributed by atoms with Crippen molar-refractivity contribution in [2.75, 3.05) is 19.8 Å². The van der Waals surface area contributed by atoms with Crippen molar-refractivity contribution in [3.8, 4) is 0 Å². The maximum absolute atomic E-state index is 10.9. The largest absolute Gasteiger partial charge is 0.521 e. The second-order valence-electron chi connectivity index (χ2n) is 2.92. The molecular formula is C9H16O7. The van der Waals surface area contributed by atoms with Gasteiger partial charge in [0.05, 0.1) is 0 Å². The van der Waals surface area contributed by atoms with E-state index in [1.165, 1.54) is 6.92 Å². The molecule has 0 radical (unpaired) electrons. The Morgan fingerprint density at radius 2 is 1.88 bits per heavy atom. The van der Waals surface area contributed by atoms with E-state index < -0.39 is 18.1 Å². The molecule has 1 N–H and O–H groups in total. The molecule has 0 saturated heterocycles. The van der Waals surface area contributed by atoms with Crippen molar-refractivity contribution in [1.82, 2.24) is 0 Å². The molecule has 0 aromatic carbocycles. The van der Waals surface area contributed by atoms with Crippen LogP contribution in [0.15, 0.2) is 0 Å². The normalized spacial score (nSPS) is 13.9. The van der Waals surface area contributed by atoms with Crippen LogP contribution in [0.25, 0.3) is 0 Å². The summed E-state index contributed by atoms with van der Waals surface area (Å²) in [6, 6.07) is 0. The van der Waals surface area contributed by atoms with Crippen molar-refractivity contribution in [3.05, 3.63) is 0 Å². The van der Waals surface area contributed by atoms with Gasteiger partial charge in [-0.1, -0.05) is 0 Å². The minimum atomic E-state index is -1.74. The smallest absolute Gasteiger partial charge is 0.449 e. The second kappa shape index (κ2) is 7.02. The number of hydrogen-bond donors (Lipinski definition) is 1. The third-order valence-corrected chi connectivity index (χ3v) is 1.49. The van der Waals surface area contributed by atoms with Crippen LogP contribution in [0.5, 0.6) is 0 Å². The maximum Gasteiger partial charge on any atom is 0.521 e. The topological polar surface area (TPSA) is 91.3 Å². The quantitative estimate of drug-likeness (QED) is 0.425. The van der Waals surface area contributed by atoms with E-state index in [1.807, 2.05) is 0 Å². The molecule has 0 rings (SSSR count). The standard InChI is InChI=1S/C9H16O7/c1-4-13-6-9(3,14-5-2)16-8(12)15-7(10)11/h4-6H2,1-3H3,(H,10,11). The van der Waals surface area contributed by atoms with E-state index in [9.17, 15) is 9.59 Å². The van der Waals surface area contributed by atoms with Crippen LogP contribution in [0.3, 0.4) is 0 Å². The average Bonchev–Trinajstić information content (AvgIpc) is 2.13. The zero-order valence-electron chi connectivity index (χ0n) is 9.52. The van der Waals surface area contributed by atoms with Gasteiger partial charge in [0.2, 0.25) is 5.79 Å². The molecule has 0 aliphatic rings. The summed E-state index contributed by atoms with van der Waals surface area (Å²) in [5.74, 6) is -1.35. The number of rotatable bonds is 6. The van der Waals surface area contributed by atoms with Gasteiger partial charge in [-0.15, -0.1) is 0 Å². The van der Waals surface area contributed by atoms with Crippen molar-refractivity contribution in [2.45, 2.75) is 26.6 Å². The van der Waals surface area contributed by atoms with Gasteiger partial charge >= 0.3 is 12.3 Å². The fourth-order valence-electron chi connectivity index (χ4n) is 0.962. The van der Waals surface area contributed by atoms with Gasteiger partial charge in [0.15, 0.2) is 0 Å². The van der Waals surface area contributed by atoms with Crippen molar-refractivity contribution in [3.63, 3.8) is 0 Å². The van der Waals surface area contributed by atoms with E-state index >= 15 is 0 Å². The first-order valence-corrected chi connectivity index (χ1v) is 4.79. The molecule has 1 unspecified atom stereocenters. The molecule has 0 aromatic rings. The lowest BCUT2D eigenvalue weighted by Gasteiger charge is -2.27. The van der Waals surface area contributed by atoms with Gasteiger partial charge in [-0.2, -0.15) is 0 Å². The van der Waals surface area contributed by atoms with Crippen LogP contribution >= 0.6 is 0 Å². The fourth-order valence-corrected chi connectivity index (χ4v) is 0.962. The molecule has 7 heteroatoms. The van der Waals surface area contributed by atoms with Gasteiger partial charge in [0, 0.05) is 20.1 Å². The monoisotopic (exact) mass is 236 g/mol. The third-order valence-electron chi connectivity index (χ3n) is 1.49. The molecule has 16 heavy (non-hydrogen) atoms. The Labute approximate surface area is 93.2 Å². The highest BCUT2D eigenvalue weighted by Crippen LogP contribution is 2.14. The summed E-state index contributed by atoms with van der Waals surface area (Å²) in [5, 5.41) is 8.19. The Morgan fingerprint density at radius 1 is 1.25 bits per heavy atom. The van der Waals surface area contributed by atoms with E-state index in [0.29, 0.717) is 6.61 Å². The molecule has 1 atom stereocenters. The first-order chi connectivity index (χ1) is 7.43. The van der Waals surface area contributed by atoms with Crippen LogP contribution in [-0.2, 0) is 18.9 Å². The molecule has 0 aliphatic carbocycles. The molecule has 0 bridgehead atoms. The number of ether oxygens (including phenoxy) is 4. The van der Waals surface area contributed by atoms with Gasteiger partial charge in [0.1, 0.15) is 6.61 Å². The first-order valence-electron chi connectivity index (χ1n) is 4.79. The summed E-state index contributed by atoms with van der Waals surface area (Å²) >= 11 is 0. The molecule has 0 aliphatic heterocycles. The summed E-state index contributed by atoms with van der Waals surface area (Å²) in [6.45, 7) is 5.61. The van der Waals surface area contributed by atoms with Crippen molar-refractivity contribution in [1.29, 1.82) is 0 Å². The van der Waals surface area contributed by atoms with Crippen molar-refractivity contribution in [2.24, 2.45) is 0 Å². The maximum atomic E-state index is 10.9. The Kier molecular flexibility index (Phi) is 6.43. The van der Waals surface area contributed by atoms with Crippen LogP contribution in [0.1, 0.15) is 20.8 Å². The minimum absolute atomic E-state index is 0.00788. The number of carboxylic acid groups (broad SMARTS) is 1. The van der Waals surface area contributed by atoms with Crippen LogP contribution in [-0.4, -0.2) is 43.0 Å². The lowest BCUT2D eigenvalue weighted by Crippen LogP contribution is -2.40. The molecule has 0 aromatic heterocycles. The van der Waals surface area contributed by atoms with Crippen molar-refractivity contribution < 1.29 is 33.6 Å². The Bertz CT molecular complexity index is 240. The highest BCUT2D eigenvalue weighted by molar-refractivity contribution is 5.75. The molecule has 0 spiro atoms. The van der Waals surface area contributed by atoms with Gasteiger partial charge in [0.25, 0.3) is 0 Å². The van der Waals surface area contributed by atoms with Gasteiger partial charge in [-0.05, 0) is 13.8 Å². The SMILES string of the molecule is CCOCC(C)(OCC)OC(=O)OC(=O)O. The zero-order valence-corrected chi connectivity index (χ0v) is 9.52. The predicted octanol–water partition coefficient (Wildman–Crippen LogP) is 1.61. The summed E-state index contributed by atoms with van der Waals surface area (Å²) in [6.07, 6.45) is -3.08. The number of hydrogen-bond acceptors (Lipinski definition) is 6. The summed E-state index contributed by atoms with van der Waals surface area (Å²) in [4.78, 5) is 21.0. The lowest BCUT2D eigenvalue weighted by molar-refractivity contribution is -0.223. The van der Waals surface area contributed by atoms with E-state index in [0.717, 1.165) is 0 Å². The highest BCUT2D eigenvalue weighted by Gasteiger charge is 2.31. The van der Waals surface area contributed by atoms with Gasteiger partial charge < -0.3 is 24.1 Å². The average molecular weight is 236 g/mol. The molecule has 0 amide bonds. The summed E-state index contributed by atoms with van der Waals surface area (Å²) in [7, 11) is 0. The Hall–Kier alpha value is -1.34. The van der Waals surface area contributed by atoms with Crippen LogP contribution in [0.4, 0.5) is 9.59 Å². The molecule has 7 nitrogen and oxygen atoms in total. The fraction of sp³-hybridized carbons (Fsp3) is 0.778. The van der Waals surface area contributed by atoms with Crippen LogP contribution in [0, 0.1) is 0 Å². The Balaban J connectivity index is 4.29. The predicted molar refractivity (Wildman–Crippen MR) is 52.1 cm³/mol. The summed E-state index contributed by atoms with van der Waals surface area (Å²) in [5.41, 5.74) is 0. The molecule has 94 valence electrons. The first kappa shape index (κ1) is 14.7. The van der Waals surface area contributed by atoms with Crippen LogP contribution in [0.2, 0.25) is 0 Å². The second-order valence-corrected chi connectivity index (χ2v) is 2.92.